The van der Waals surface area contributed by atoms with Crippen molar-refractivity contribution in [2.75, 3.05) is 0 Å². The van der Waals surface area contributed by atoms with Crippen molar-refractivity contribution in [1.29, 1.82) is 0 Å². The zero-order valence-corrected chi connectivity index (χ0v) is 10.9. The maximum absolute atomic E-state index is 13.0. The number of rotatable bonds is 4. The number of ketones is 1. The van der Waals surface area contributed by atoms with E-state index in [-0.39, 0.29) is 17.5 Å². The molecule has 0 radical (unpaired) electrons. The molecular formula is C16H16FNO. The Bertz CT molecular complexity index is 625. The molecule has 1 fully saturated rings. The van der Waals surface area contributed by atoms with Gasteiger partial charge < -0.3 is 4.57 Å². The first kappa shape index (κ1) is 12.2. The first-order valence-corrected chi connectivity index (χ1v) is 6.58. The van der Waals surface area contributed by atoms with E-state index >= 15 is 0 Å². The molecule has 98 valence electrons. The van der Waals surface area contributed by atoms with Crippen LogP contribution in [0.2, 0.25) is 0 Å². The lowest BCUT2D eigenvalue weighted by atomic mass is 10.1. The van der Waals surface area contributed by atoms with Crippen LogP contribution >= 0.6 is 0 Å². The quantitative estimate of drug-likeness (QED) is 0.767. The molecule has 1 aromatic carbocycles. The van der Waals surface area contributed by atoms with Crippen molar-refractivity contribution in [3.8, 4) is 0 Å². The summed E-state index contributed by atoms with van der Waals surface area (Å²) in [5.74, 6) is 0.302. The summed E-state index contributed by atoms with van der Waals surface area (Å²) < 4.78 is 15.0. The van der Waals surface area contributed by atoms with Crippen molar-refractivity contribution >= 4 is 5.78 Å². The van der Waals surface area contributed by atoms with Crippen LogP contribution in [-0.2, 0) is 6.54 Å². The van der Waals surface area contributed by atoms with Crippen molar-refractivity contribution < 1.29 is 9.18 Å². The van der Waals surface area contributed by atoms with E-state index in [0.717, 1.165) is 29.5 Å². The highest BCUT2D eigenvalue weighted by molar-refractivity contribution is 5.99. The van der Waals surface area contributed by atoms with Crippen LogP contribution in [0.15, 0.2) is 36.7 Å². The molecule has 0 bridgehead atoms. The van der Waals surface area contributed by atoms with Crippen LogP contribution in [-0.4, -0.2) is 10.4 Å². The molecule has 0 spiro atoms. The minimum atomic E-state index is -0.210. The second kappa shape index (κ2) is 4.65. The summed E-state index contributed by atoms with van der Waals surface area (Å²) in [4.78, 5) is 11.9. The van der Waals surface area contributed by atoms with E-state index in [2.05, 4.69) is 0 Å². The van der Waals surface area contributed by atoms with E-state index in [9.17, 15) is 9.18 Å². The summed E-state index contributed by atoms with van der Waals surface area (Å²) in [6, 6.07) is 6.68. The Morgan fingerprint density at radius 3 is 2.84 bits per heavy atom. The normalized spacial score (nSPS) is 14.6. The van der Waals surface area contributed by atoms with Crippen LogP contribution in [0.1, 0.15) is 34.3 Å². The van der Waals surface area contributed by atoms with Gasteiger partial charge >= 0.3 is 0 Å². The smallest absolute Gasteiger partial charge is 0.167 e. The number of hydrogen-bond acceptors (Lipinski definition) is 1. The Hall–Kier alpha value is -1.90. The van der Waals surface area contributed by atoms with Gasteiger partial charge in [-0.3, -0.25) is 4.79 Å². The lowest BCUT2D eigenvalue weighted by molar-refractivity contribution is 0.0967. The highest BCUT2D eigenvalue weighted by Gasteiger charge is 2.30. The lowest BCUT2D eigenvalue weighted by Crippen LogP contribution is -2.02. The van der Waals surface area contributed by atoms with E-state index < -0.39 is 0 Å². The summed E-state index contributed by atoms with van der Waals surface area (Å²) >= 11 is 0. The van der Waals surface area contributed by atoms with Gasteiger partial charge in [-0.2, -0.15) is 0 Å². The molecule has 0 unspecified atom stereocenters. The molecule has 0 aliphatic heterocycles. The largest absolute Gasteiger partial charge is 0.349 e. The topological polar surface area (TPSA) is 22.0 Å². The first-order chi connectivity index (χ1) is 9.13. The van der Waals surface area contributed by atoms with Gasteiger partial charge in [0.2, 0.25) is 0 Å². The zero-order valence-electron chi connectivity index (χ0n) is 10.9. The number of halogens is 1. The summed E-state index contributed by atoms with van der Waals surface area (Å²) in [7, 11) is 0. The molecule has 3 heteroatoms. The fourth-order valence-electron chi connectivity index (χ4n) is 2.30. The molecule has 1 aliphatic carbocycles. The SMILES string of the molecule is Cc1cc(F)ccc1Cn1ccc(C(=O)C2CC2)c1. The third-order valence-electron chi connectivity index (χ3n) is 3.64. The maximum atomic E-state index is 13.0. The number of carbonyl (C=O) groups excluding carboxylic acids is 1. The van der Waals surface area contributed by atoms with Gasteiger partial charge in [0.05, 0.1) is 0 Å². The van der Waals surface area contributed by atoms with Crippen LogP contribution < -0.4 is 0 Å². The molecule has 2 nitrogen and oxygen atoms in total. The molecule has 1 aliphatic rings. The molecule has 0 N–H and O–H groups in total. The average Bonchev–Trinajstić information content (AvgIpc) is 3.12. The standard InChI is InChI=1S/C16H16FNO/c1-11-8-15(17)5-4-13(11)9-18-7-6-14(10-18)16(19)12-2-3-12/h4-8,10,12H,2-3,9H2,1H3. The molecule has 1 aromatic heterocycles. The van der Waals surface area contributed by atoms with Gasteiger partial charge in [0.1, 0.15) is 5.82 Å². The van der Waals surface area contributed by atoms with Crippen LogP contribution in [0.4, 0.5) is 4.39 Å². The van der Waals surface area contributed by atoms with Gasteiger partial charge in [0.15, 0.2) is 5.78 Å². The number of carbonyl (C=O) groups is 1. The Morgan fingerprint density at radius 1 is 1.37 bits per heavy atom. The van der Waals surface area contributed by atoms with Gasteiger partial charge in [-0.05, 0) is 49.1 Å². The van der Waals surface area contributed by atoms with Gasteiger partial charge in [0.25, 0.3) is 0 Å². The summed E-state index contributed by atoms with van der Waals surface area (Å²) in [6.07, 6.45) is 5.87. The minimum Gasteiger partial charge on any atom is -0.349 e. The average molecular weight is 257 g/mol. The number of benzene rings is 1. The highest BCUT2D eigenvalue weighted by atomic mass is 19.1. The number of nitrogens with zero attached hydrogens (tertiary/aromatic N) is 1. The highest BCUT2D eigenvalue weighted by Crippen LogP contribution is 2.32. The van der Waals surface area contributed by atoms with E-state index in [0.29, 0.717) is 6.54 Å². The first-order valence-electron chi connectivity index (χ1n) is 6.58. The van der Waals surface area contributed by atoms with Crippen LogP contribution in [0.3, 0.4) is 0 Å². The maximum Gasteiger partial charge on any atom is 0.167 e. The molecule has 0 saturated heterocycles. The number of hydrogen-bond donors (Lipinski definition) is 0. The second-order valence-electron chi connectivity index (χ2n) is 5.28. The van der Waals surface area contributed by atoms with E-state index in [4.69, 9.17) is 0 Å². The minimum absolute atomic E-state index is 0.210. The molecule has 19 heavy (non-hydrogen) atoms. The van der Waals surface area contributed by atoms with Crippen LogP contribution in [0.5, 0.6) is 0 Å². The fraction of sp³-hybridized carbons (Fsp3) is 0.312. The monoisotopic (exact) mass is 257 g/mol. The van der Waals surface area contributed by atoms with Crippen LogP contribution in [0.25, 0.3) is 0 Å². The second-order valence-corrected chi connectivity index (χ2v) is 5.28. The van der Waals surface area contributed by atoms with Crippen LogP contribution in [0, 0.1) is 18.7 Å². The van der Waals surface area contributed by atoms with E-state index in [1.54, 1.807) is 6.07 Å². The lowest BCUT2D eigenvalue weighted by Gasteiger charge is -2.07. The Kier molecular flexibility index (Phi) is 2.97. The third-order valence-corrected chi connectivity index (χ3v) is 3.64. The Balaban J connectivity index is 1.77. The predicted octanol–water partition coefficient (Wildman–Crippen LogP) is 3.58. The molecule has 0 atom stereocenters. The molecule has 3 rings (SSSR count). The van der Waals surface area contributed by atoms with Crippen molar-refractivity contribution in [1.82, 2.24) is 4.57 Å². The van der Waals surface area contributed by atoms with Crippen molar-refractivity contribution in [2.24, 2.45) is 5.92 Å². The zero-order chi connectivity index (χ0) is 13.4. The molecule has 2 aromatic rings. The molecule has 1 saturated carbocycles. The van der Waals surface area contributed by atoms with E-state index in [1.807, 2.05) is 30.0 Å². The number of aromatic nitrogens is 1. The van der Waals surface area contributed by atoms with Crippen molar-refractivity contribution in [2.45, 2.75) is 26.3 Å². The predicted molar refractivity (Wildman–Crippen MR) is 71.7 cm³/mol. The van der Waals surface area contributed by atoms with Gasteiger partial charge in [0, 0.05) is 30.4 Å². The van der Waals surface area contributed by atoms with E-state index in [1.165, 1.54) is 12.1 Å². The number of aryl methyl sites for hydroxylation is 1. The van der Waals surface area contributed by atoms with Crippen molar-refractivity contribution in [3.05, 3.63) is 59.2 Å². The number of Topliss-reactive ketones (excluding diaryl/α,β-unsaturated/α-hetero) is 1. The van der Waals surface area contributed by atoms with Gasteiger partial charge in [-0.1, -0.05) is 6.07 Å². The van der Waals surface area contributed by atoms with Gasteiger partial charge in [-0.25, -0.2) is 4.39 Å². The summed E-state index contributed by atoms with van der Waals surface area (Å²) in [6.45, 7) is 2.57. The van der Waals surface area contributed by atoms with Gasteiger partial charge in [-0.15, -0.1) is 0 Å². The Labute approximate surface area is 111 Å². The Morgan fingerprint density at radius 2 is 2.16 bits per heavy atom. The van der Waals surface area contributed by atoms with Crippen molar-refractivity contribution in [3.63, 3.8) is 0 Å². The third kappa shape index (κ3) is 2.60. The molecular weight excluding hydrogens is 241 g/mol. The summed E-state index contributed by atoms with van der Waals surface area (Å²) in [5.41, 5.74) is 2.80. The fourth-order valence-corrected chi connectivity index (χ4v) is 2.30. The summed E-state index contributed by atoms with van der Waals surface area (Å²) in [5, 5.41) is 0. The molecule has 0 amide bonds. The molecule has 1 heterocycles.